The Labute approximate surface area is 154 Å². The SMILES string of the molecule is CCc1cccc(NC(=O)COC(=O)CCC(=O)c2ccc(Cl)s2)c1. The molecule has 0 aliphatic heterocycles. The second kappa shape index (κ2) is 9.34. The molecule has 1 heterocycles. The highest BCUT2D eigenvalue weighted by molar-refractivity contribution is 7.18. The van der Waals surface area contributed by atoms with Gasteiger partial charge in [0.1, 0.15) is 0 Å². The van der Waals surface area contributed by atoms with Crippen molar-refractivity contribution < 1.29 is 19.1 Å². The zero-order valence-electron chi connectivity index (χ0n) is 13.7. The van der Waals surface area contributed by atoms with Crippen LogP contribution in [-0.4, -0.2) is 24.3 Å². The Bertz CT molecular complexity index is 772. The van der Waals surface area contributed by atoms with Crippen molar-refractivity contribution in [3.63, 3.8) is 0 Å². The van der Waals surface area contributed by atoms with Crippen molar-refractivity contribution in [2.45, 2.75) is 26.2 Å². The minimum atomic E-state index is -0.589. The number of nitrogens with one attached hydrogen (secondary N) is 1. The van der Waals surface area contributed by atoms with Crippen molar-refractivity contribution >= 4 is 46.3 Å². The Kier molecular flexibility index (Phi) is 7.16. The van der Waals surface area contributed by atoms with Gasteiger partial charge in [-0.1, -0.05) is 30.7 Å². The number of carbonyl (C=O) groups is 3. The van der Waals surface area contributed by atoms with Crippen LogP contribution in [-0.2, 0) is 20.7 Å². The van der Waals surface area contributed by atoms with E-state index in [1.54, 1.807) is 18.2 Å². The van der Waals surface area contributed by atoms with Crippen LogP contribution < -0.4 is 5.32 Å². The van der Waals surface area contributed by atoms with Gasteiger partial charge in [-0.15, -0.1) is 11.3 Å². The van der Waals surface area contributed by atoms with Gasteiger partial charge in [0.15, 0.2) is 12.4 Å². The van der Waals surface area contributed by atoms with Gasteiger partial charge >= 0.3 is 5.97 Å². The van der Waals surface area contributed by atoms with Crippen molar-refractivity contribution in [3.8, 4) is 0 Å². The predicted molar refractivity (Wildman–Crippen MR) is 98.3 cm³/mol. The van der Waals surface area contributed by atoms with Crippen molar-refractivity contribution in [1.82, 2.24) is 0 Å². The molecule has 132 valence electrons. The highest BCUT2D eigenvalue weighted by Crippen LogP contribution is 2.22. The molecule has 0 atom stereocenters. The van der Waals surface area contributed by atoms with Gasteiger partial charge in [0.25, 0.3) is 5.91 Å². The highest BCUT2D eigenvalue weighted by Gasteiger charge is 2.13. The number of aryl methyl sites for hydroxylation is 1. The van der Waals surface area contributed by atoms with Gasteiger partial charge in [0.2, 0.25) is 0 Å². The summed E-state index contributed by atoms with van der Waals surface area (Å²) in [6.07, 6.45) is 0.810. The van der Waals surface area contributed by atoms with Gasteiger partial charge in [-0.05, 0) is 36.2 Å². The minimum absolute atomic E-state index is 0.0237. The number of halogens is 1. The molecular formula is C18H18ClNO4S. The molecule has 0 bridgehead atoms. The number of anilines is 1. The molecule has 0 spiro atoms. The maximum Gasteiger partial charge on any atom is 0.306 e. The lowest BCUT2D eigenvalue weighted by molar-refractivity contribution is -0.147. The molecule has 1 amide bonds. The molecule has 25 heavy (non-hydrogen) atoms. The first-order valence-electron chi connectivity index (χ1n) is 7.81. The summed E-state index contributed by atoms with van der Waals surface area (Å²) in [7, 11) is 0. The summed E-state index contributed by atoms with van der Waals surface area (Å²) in [5, 5.41) is 2.67. The number of rotatable bonds is 8. The zero-order valence-corrected chi connectivity index (χ0v) is 15.3. The smallest absolute Gasteiger partial charge is 0.306 e. The monoisotopic (exact) mass is 379 g/mol. The Morgan fingerprint density at radius 2 is 1.96 bits per heavy atom. The van der Waals surface area contributed by atoms with E-state index in [4.69, 9.17) is 16.3 Å². The fraction of sp³-hybridized carbons (Fsp3) is 0.278. The molecule has 1 N–H and O–H groups in total. The van der Waals surface area contributed by atoms with E-state index in [-0.39, 0.29) is 25.2 Å². The quantitative estimate of drug-likeness (QED) is 0.553. The number of carbonyl (C=O) groups excluding carboxylic acids is 3. The fourth-order valence-electron chi connectivity index (χ4n) is 2.09. The third-order valence-electron chi connectivity index (χ3n) is 3.39. The molecule has 7 heteroatoms. The van der Waals surface area contributed by atoms with Crippen molar-refractivity contribution in [2.75, 3.05) is 11.9 Å². The third-order valence-corrected chi connectivity index (χ3v) is 4.66. The lowest BCUT2D eigenvalue weighted by atomic mass is 10.1. The second-order valence-corrected chi connectivity index (χ2v) is 7.00. The molecule has 0 saturated carbocycles. The average molecular weight is 380 g/mol. The number of hydrogen-bond donors (Lipinski definition) is 1. The van der Waals surface area contributed by atoms with Crippen LogP contribution in [0.15, 0.2) is 36.4 Å². The van der Waals surface area contributed by atoms with E-state index >= 15 is 0 Å². The number of Topliss-reactive ketones (excluding diaryl/α,β-unsaturated/α-hetero) is 1. The Morgan fingerprint density at radius 1 is 1.16 bits per heavy atom. The number of esters is 1. The summed E-state index contributed by atoms with van der Waals surface area (Å²) in [6, 6.07) is 10.7. The molecule has 0 saturated heterocycles. The lowest BCUT2D eigenvalue weighted by Gasteiger charge is -2.07. The minimum Gasteiger partial charge on any atom is -0.456 e. The molecule has 2 aromatic rings. The molecule has 0 aliphatic rings. The summed E-state index contributed by atoms with van der Waals surface area (Å²) < 4.78 is 5.42. The summed E-state index contributed by atoms with van der Waals surface area (Å²) in [5.41, 5.74) is 1.76. The standard InChI is InChI=1S/C18H18ClNO4S/c1-2-12-4-3-5-13(10-12)20-17(22)11-24-18(23)9-6-14(21)15-7-8-16(19)25-15/h3-5,7-8,10H,2,6,9,11H2,1H3,(H,20,22). The number of amides is 1. The Morgan fingerprint density at radius 3 is 2.64 bits per heavy atom. The Hall–Kier alpha value is -2.18. The van der Waals surface area contributed by atoms with Crippen LogP contribution in [0.25, 0.3) is 0 Å². The van der Waals surface area contributed by atoms with Gasteiger partial charge in [-0.25, -0.2) is 0 Å². The van der Waals surface area contributed by atoms with Gasteiger partial charge in [-0.2, -0.15) is 0 Å². The topological polar surface area (TPSA) is 72.5 Å². The lowest BCUT2D eigenvalue weighted by Crippen LogP contribution is -2.21. The van der Waals surface area contributed by atoms with Crippen LogP contribution >= 0.6 is 22.9 Å². The average Bonchev–Trinajstić information content (AvgIpc) is 3.04. The number of hydrogen-bond acceptors (Lipinski definition) is 5. The van der Waals surface area contributed by atoms with E-state index in [1.807, 2.05) is 25.1 Å². The van der Waals surface area contributed by atoms with Crippen molar-refractivity contribution in [2.24, 2.45) is 0 Å². The molecule has 1 aromatic carbocycles. The Balaban J connectivity index is 1.72. The van der Waals surface area contributed by atoms with E-state index in [1.165, 1.54) is 11.3 Å². The van der Waals surface area contributed by atoms with E-state index in [9.17, 15) is 14.4 Å². The molecular weight excluding hydrogens is 362 g/mol. The first-order chi connectivity index (χ1) is 12.0. The van der Waals surface area contributed by atoms with Crippen molar-refractivity contribution in [1.29, 1.82) is 0 Å². The molecule has 1 aromatic heterocycles. The molecule has 5 nitrogen and oxygen atoms in total. The summed E-state index contributed by atoms with van der Waals surface area (Å²) >= 11 is 6.94. The largest absolute Gasteiger partial charge is 0.456 e. The molecule has 0 radical (unpaired) electrons. The predicted octanol–water partition coefficient (Wildman–Crippen LogP) is 4.11. The normalized spacial score (nSPS) is 10.3. The van der Waals surface area contributed by atoms with E-state index < -0.39 is 11.9 Å². The summed E-state index contributed by atoms with van der Waals surface area (Å²) in [5.74, 6) is -1.18. The first kappa shape index (κ1) is 19.1. The van der Waals surface area contributed by atoms with Crippen LogP contribution in [0.2, 0.25) is 4.34 Å². The summed E-state index contributed by atoms with van der Waals surface area (Å²) in [6.45, 7) is 1.64. The fourth-order valence-corrected chi connectivity index (χ4v) is 3.10. The molecule has 2 rings (SSSR count). The molecule has 0 fully saturated rings. The van der Waals surface area contributed by atoms with E-state index in [0.29, 0.717) is 14.9 Å². The van der Waals surface area contributed by atoms with Crippen LogP contribution in [0.1, 0.15) is 35.0 Å². The number of benzene rings is 1. The van der Waals surface area contributed by atoms with Crippen LogP contribution in [0.3, 0.4) is 0 Å². The van der Waals surface area contributed by atoms with Gasteiger partial charge in [-0.3, -0.25) is 14.4 Å². The van der Waals surface area contributed by atoms with Crippen LogP contribution in [0.4, 0.5) is 5.69 Å². The number of ether oxygens (including phenoxy) is 1. The first-order valence-corrected chi connectivity index (χ1v) is 9.00. The maximum absolute atomic E-state index is 11.9. The third kappa shape index (κ3) is 6.32. The maximum atomic E-state index is 11.9. The summed E-state index contributed by atoms with van der Waals surface area (Å²) in [4.78, 5) is 35.8. The van der Waals surface area contributed by atoms with E-state index in [2.05, 4.69) is 5.32 Å². The van der Waals surface area contributed by atoms with Crippen LogP contribution in [0, 0.1) is 0 Å². The van der Waals surface area contributed by atoms with Crippen LogP contribution in [0.5, 0.6) is 0 Å². The molecule has 0 unspecified atom stereocenters. The van der Waals surface area contributed by atoms with Gasteiger partial charge in [0, 0.05) is 12.1 Å². The van der Waals surface area contributed by atoms with Gasteiger partial charge in [0.05, 0.1) is 15.6 Å². The number of thiophene rings is 1. The highest BCUT2D eigenvalue weighted by atomic mass is 35.5. The molecule has 0 aliphatic carbocycles. The van der Waals surface area contributed by atoms with E-state index in [0.717, 1.165) is 12.0 Å². The second-order valence-electron chi connectivity index (χ2n) is 5.29. The van der Waals surface area contributed by atoms with Gasteiger partial charge < -0.3 is 10.1 Å². The number of ketones is 1. The van der Waals surface area contributed by atoms with Crippen molar-refractivity contribution in [3.05, 3.63) is 51.2 Å². The zero-order chi connectivity index (χ0) is 18.2.